The van der Waals surface area contributed by atoms with E-state index in [4.69, 9.17) is 4.74 Å². The van der Waals surface area contributed by atoms with Crippen LogP contribution in [-0.2, 0) is 24.3 Å². The molecule has 0 aliphatic heterocycles. The molecule has 1 atom stereocenters. The number of carbonyl (C=O) groups excluding carboxylic acids is 2. The number of benzene rings is 2. The highest BCUT2D eigenvalue weighted by molar-refractivity contribution is 7.92. The van der Waals surface area contributed by atoms with Gasteiger partial charge in [-0.1, -0.05) is 48.5 Å². The molecule has 0 saturated carbocycles. The van der Waals surface area contributed by atoms with Gasteiger partial charge in [-0.2, -0.15) is 0 Å². The number of hydrogen-bond acceptors (Lipinski definition) is 5. The molecule has 8 heteroatoms. The third-order valence-corrected chi connectivity index (χ3v) is 5.00. The zero-order valence-corrected chi connectivity index (χ0v) is 17.1. The fourth-order valence-electron chi connectivity index (χ4n) is 2.52. The first kappa shape index (κ1) is 22.3. The van der Waals surface area contributed by atoms with Crippen LogP contribution in [0.25, 0.3) is 6.08 Å². The standard InChI is InChI=1S/C21H24N2O5S/c1-3-23(19-12-8-5-9-13-19)21(25)17(2)28-20(24)16-22-29(26,27)15-14-18-10-6-4-7-11-18/h4-15,17,22H,3,16H2,1-2H3/b15-14+/t17-/m0/s1. The summed E-state index contributed by atoms with van der Waals surface area (Å²) < 4.78 is 31.2. The Bertz CT molecular complexity index is 944. The summed E-state index contributed by atoms with van der Waals surface area (Å²) >= 11 is 0. The molecule has 2 aromatic rings. The second-order valence-corrected chi connectivity index (χ2v) is 7.78. The highest BCUT2D eigenvalue weighted by atomic mass is 32.2. The molecular formula is C21H24N2O5S. The molecule has 29 heavy (non-hydrogen) atoms. The van der Waals surface area contributed by atoms with Crippen molar-refractivity contribution in [2.45, 2.75) is 20.0 Å². The van der Waals surface area contributed by atoms with Crippen molar-refractivity contribution in [2.75, 3.05) is 18.0 Å². The van der Waals surface area contributed by atoms with Crippen molar-refractivity contribution in [1.82, 2.24) is 4.72 Å². The Morgan fingerprint density at radius 3 is 2.24 bits per heavy atom. The summed E-state index contributed by atoms with van der Waals surface area (Å²) in [6.07, 6.45) is 0.366. The van der Waals surface area contributed by atoms with E-state index in [0.29, 0.717) is 17.8 Å². The third-order valence-electron chi connectivity index (χ3n) is 3.96. The predicted octanol–water partition coefficient (Wildman–Crippen LogP) is 2.56. The number of anilines is 1. The zero-order valence-electron chi connectivity index (χ0n) is 16.3. The van der Waals surface area contributed by atoms with E-state index in [2.05, 4.69) is 4.72 Å². The molecule has 0 aliphatic rings. The predicted molar refractivity (Wildman–Crippen MR) is 112 cm³/mol. The summed E-state index contributed by atoms with van der Waals surface area (Å²) in [5, 5.41) is 0.971. The van der Waals surface area contributed by atoms with E-state index < -0.39 is 28.6 Å². The van der Waals surface area contributed by atoms with Gasteiger partial charge in [-0.25, -0.2) is 13.1 Å². The van der Waals surface area contributed by atoms with Gasteiger partial charge < -0.3 is 9.64 Å². The number of hydrogen-bond donors (Lipinski definition) is 1. The molecule has 1 amide bonds. The van der Waals surface area contributed by atoms with Crippen LogP contribution < -0.4 is 9.62 Å². The van der Waals surface area contributed by atoms with Crippen LogP contribution in [-0.4, -0.2) is 39.5 Å². The smallest absolute Gasteiger partial charge is 0.321 e. The van der Waals surface area contributed by atoms with Crippen molar-refractivity contribution < 1.29 is 22.7 Å². The highest BCUT2D eigenvalue weighted by Gasteiger charge is 2.24. The Balaban J connectivity index is 1.89. The van der Waals surface area contributed by atoms with Gasteiger partial charge in [0, 0.05) is 17.6 Å². The Morgan fingerprint density at radius 1 is 1.07 bits per heavy atom. The number of carbonyl (C=O) groups is 2. The van der Waals surface area contributed by atoms with Gasteiger partial charge in [0.25, 0.3) is 5.91 Å². The summed E-state index contributed by atoms with van der Waals surface area (Å²) in [6, 6.07) is 17.9. The van der Waals surface area contributed by atoms with Crippen molar-refractivity contribution in [3.63, 3.8) is 0 Å². The van der Waals surface area contributed by atoms with Crippen LogP contribution >= 0.6 is 0 Å². The topological polar surface area (TPSA) is 92.8 Å². The molecule has 0 heterocycles. The van der Waals surface area contributed by atoms with Gasteiger partial charge in [-0.05, 0) is 37.6 Å². The van der Waals surface area contributed by atoms with Gasteiger partial charge in [-0.15, -0.1) is 0 Å². The lowest BCUT2D eigenvalue weighted by molar-refractivity contribution is -0.152. The van der Waals surface area contributed by atoms with Crippen molar-refractivity contribution in [3.8, 4) is 0 Å². The fourth-order valence-corrected chi connectivity index (χ4v) is 3.27. The summed E-state index contributed by atoms with van der Waals surface area (Å²) in [4.78, 5) is 26.0. The molecule has 0 radical (unpaired) electrons. The molecule has 0 spiro atoms. The minimum absolute atomic E-state index is 0.390. The van der Waals surface area contributed by atoms with Gasteiger partial charge in [0.2, 0.25) is 10.0 Å². The van der Waals surface area contributed by atoms with Gasteiger partial charge in [0.1, 0.15) is 6.54 Å². The Labute approximate surface area is 171 Å². The number of rotatable bonds is 9. The highest BCUT2D eigenvalue weighted by Crippen LogP contribution is 2.15. The molecule has 0 unspecified atom stereocenters. The molecule has 154 valence electrons. The van der Waals surface area contributed by atoms with Crippen LogP contribution in [0.1, 0.15) is 19.4 Å². The van der Waals surface area contributed by atoms with E-state index >= 15 is 0 Å². The summed E-state index contributed by atoms with van der Waals surface area (Å²) in [6.45, 7) is 3.10. The van der Waals surface area contributed by atoms with E-state index in [-0.39, 0.29) is 5.91 Å². The van der Waals surface area contributed by atoms with E-state index in [1.807, 2.05) is 19.1 Å². The van der Waals surface area contributed by atoms with Crippen LogP contribution in [0, 0.1) is 0 Å². The van der Waals surface area contributed by atoms with E-state index in [1.165, 1.54) is 17.9 Å². The molecule has 7 nitrogen and oxygen atoms in total. The molecule has 0 bridgehead atoms. The lowest BCUT2D eigenvalue weighted by Gasteiger charge is -2.24. The SMILES string of the molecule is CCN(C(=O)[C@H](C)OC(=O)CNS(=O)(=O)/C=C/c1ccccc1)c1ccccc1. The number of sulfonamides is 1. The molecule has 2 aromatic carbocycles. The maximum Gasteiger partial charge on any atom is 0.321 e. The van der Waals surface area contributed by atoms with Crippen molar-refractivity contribution in [3.05, 3.63) is 71.6 Å². The minimum atomic E-state index is -3.82. The first-order valence-electron chi connectivity index (χ1n) is 9.11. The van der Waals surface area contributed by atoms with Gasteiger partial charge in [-0.3, -0.25) is 9.59 Å². The number of nitrogens with zero attached hydrogens (tertiary/aromatic N) is 1. The number of nitrogens with one attached hydrogen (secondary N) is 1. The summed E-state index contributed by atoms with van der Waals surface area (Å²) in [5.74, 6) is -1.23. The normalized spacial score (nSPS) is 12.5. The average Bonchev–Trinajstić information content (AvgIpc) is 2.73. The lowest BCUT2D eigenvalue weighted by atomic mass is 10.2. The van der Waals surface area contributed by atoms with Gasteiger partial charge >= 0.3 is 5.97 Å². The Morgan fingerprint density at radius 2 is 1.66 bits per heavy atom. The monoisotopic (exact) mass is 416 g/mol. The maximum absolute atomic E-state index is 12.6. The minimum Gasteiger partial charge on any atom is -0.452 e. The molecule has 1 N–H and O–H groups in total. The molecule has 0 aromatic heterocycles. The van der Waals surface area contributed by atoms with Crippen molar-refractivity contribution in [1.29, 1.82) is 0 Å². The van der Waals surface area contributed by atoms with Crippen LogP contribution in [0.4, 0.5) is 5.69 Å². The largest absolute Gasteiger partial charge is 0.452 e. The molecule has 0 fully saturated rings. The first-order chi connectivity index (χ1) is 13.8. The second kappa shape index (κ2) is 10.5. The first-order valence-corrected chi connectivity index (χ1v) is 10.7. The van der Waals surface area contributed by atoms with E-state index in [9.17, 15) is 18.0 Å². The number of esters is 1. The summed E-state index contributed by atoms with van der Waals surface area (Å²) in [5.41, 5.74) is 1.40. The summed E-state index contributed by atoms with van der Waals surface area (Å²) in [7, 11) is -3.82. The molecule has 0 saturated heterocycles. The lowest BCUT2D eigenvalue weighted by Crippen LogP contribution is -2.41. The van der Waals surface area contributed by atoms with Gasteiger partial charge in [0.15, 0.2) is 6.10 Å². The van der Waals surface area contributed by atoms with Crippen LogP contribution in [0.2, 0.25) is 0 Å². The molecular weight excluding hydrogens is 392 g/mol. The number of likely N-dealkylation sites (N-methyl/N-ethyl adjacent to an activating group) is 1. The maximum atomic E-state index is 12.6. The van der Waals surface area contributed by atoms with E-state index in [1.54, 1.807) is 48.5 Å². The number of ether oxygens (including phenoxy) is 1. The number of amides is 1. The van der Waals surface area contributed by atoms with Gasteiger partial charge in [0.05, 0.1) is 0 Å². The van der Waals surface area contributed by atoms with Crippen molar-refractivity contribution >= 4 is 33.7 Å². The van der Waals surface area contributed by atoms with Crippen LogP contribution in [0.15, 0.2) is 66.1 Å². The Kier molecular flexibility index (Phi) is 8.11. The quantitative estimate of drug-likeness (QED) is 0.634. The number of para-hydroxylation sites is 1. The van der Waals surface area contributed by atoms with Crippen LogP contribution in [0.3, 0.4) is 0 Å². The van der Waals surface area contributed by atoms with Crippen molar-refractivity contribution in [2.24, 2.45) is 0 Å². The third kappa shape index (κ3) is 7.17. The second-order valence-electron chi connectivity index (χ2n) is 6.13. The average molecular weight is 416 g/mol. The van der Waals surface area contributed by atoms with E-state index in [0.717, 1.165) is 5.41 Å². The van der Waals surface area contributed by atoms with Crippen LogP contribution in [0.5, 0.6) is 0 Å². The molecule has 2 rings (SSSR count). The Hall–Kier alpha value is -2.97. The zero-order chi connectivity index (χ0) is 21.3. The fraction of sp³-hybridized carbons (Fsp3) is 0.238. The molecule has 0 aliphatic carbocycles.